The van der Waals surface area contributed by atoms with Gasteiger partial charge in [-0.3, -0.25) is 4.98 Å². The van der Waals surface area contributed by atoms with Gasteiger partial charge in [-0.05, 0) is 30.5 Å². The maximum Gasteiger partial charge on any atom is 0.109 e. The van der Waals surface area contributed by atoms with Crippen molar-refractivity contribution in [1.29, 1.82) is 0 Å². The lowest BCUT2D eigenvalue weighted by Crippen LogP contribution is -2.32. The van der Waals surface area contributed by atoms with Gasteiger partial charge in [-0.2, -0.15) is 0 Å². The molecule has 0 saturated carbocycles. The van der Waals surface area contributed by atoms with Crippen molar-refractivity contribution in [2.24, 2.45) is 0 Å². The van der Waals surface area contributed by atoms with Crippen LogP contribution in [0.2, 0.25) is 0 Å². The number of pyridine rings is 1. The largest absolute Gasteiger partial charge is 0.469 e. The first-order valence-corrected chi connectivity index (χ1v) is 5.96. The van der Waals surface area contributed by atoms with Crippen LogP contribution in [0.3, 0.4) is 0 Å². The third kappa shape index (κ3) is 1.87. The first-order valence-electron chi connectivity index (χ1n) is 5.96. The summed E-state index contributed by atoms with van der Waals surface area (Å²) in [6.45, 7) is 0. The summed E-state index contributed by atoms with van der Waals surface area (Å²) in [6.07, 6.45) is 8.52. The Morgan fingerprint density at radius 3 is 3.18 bits per heavy atom. The van der Waals surface area contributed by atoms with E-state index in [0.29, 0.717) is 6.42 Å². The SMILES string of the molecule is OC1(Cc2cccnc2)CCCc2occc21. The third-order valence-corrected chi connectivity index (χ3v) is 3.46. The monoisotopic (exact) mass is 229 g/mol. The molecular weight excluding hydrogens is 214 g/mol. The summed E-state index contributed by atoms with van der Waals surface area (Å²) in [7, 11) is 0. The first kappa shape index (κ1) is 10.5. The zero-order valence-electron chi connectivity index (χ0n) is 9.60. The van der Waals surface area contributed by atoms with Crippen LogP contribution >= 0.6 is 0 Å². The fourth-order valence-electron chi connectivity index (χ4n) is 2.65. The summed E-state index contributed by atoms with van der Waals surface area (Å²) >= 11 is 0. The van der Waals surface area contributed by atoms with Gasteiger partial charge in [0.2, 0.25) is 0 Å². The average molecular weight is 229 g/mol. The number of hydrogen-bond acceptors (Lipinski definition) is 3. The Bertz CT molecular complexity index is 506. The van der Waals surface area contributed by atoms with Crippen molar-refractivity contribution < 1.29 is 9.52 Å². The first-order chi connectivity index (χ1) is 8.28. The van der Waals surface area contributed by atoms with Gasteiger partial charge in [0, 0.05) is 30.8 Å². The van der Waals surface area contributed by atoms with Gasteiger partial charge in [-0.25, -0.2) is 0 Å². The Kier molecular flexibility index (Phi) is 2.48. The van der Waals surface area contributed by atoms with E-state index >= 15 is 0 Å². The minimum absolute atomic E-state index is 0.605. The smallest absolute Gasteiger partial charge is 0.109 e. The molecule has 3 nitrogen and oxygen atoms in total. The normalized spacial score (nSPS) is 23.4. The fourth-order valence-corrected chi connectivity index (χ4v) is 2.65. The Balaban J connectivity index is 1.93. The zero-order valence-corrected chi connectivity index (χ0v) is 9.60. The molecule has 1 N–H and O–H groups in total. The maximum absolute atomic E-state index is 10.8. The lowest BCUT2D eigenvalue weighted by atomic mass is 9.79. The van der Waals surface area contributed by atoms with E-state index in [1.807, 2.05) is 24.4 Å². The Morgan fingerprint density at radius 1 is 1.41 bits per heavy atom. The van der Waals surface area contributed by atoms with Gasteiger partial charge in [-0.1, -0.05) is 6.07 Å². The predicted molar refractivity (Wildman–Crippen MR) is 63.5 cm³/mol. The van der Waals surface area contributed by atoms with Gasteiger partial charge in [0.05, 0.1) is 11.9 Å². The number of aryl methyl sites for hydroxylation is 1. The van der Waals surface area contributed by atoms with Gasteiger partial charge < -0.3 is 9.52 Å². The number of nitrogens with zero attached hydrogens (tertiary/aromatic N) is 1. The molecule has 1 aliphatic rings. The molecule has 0 aromatic carbocycles. The molecule has 2 heterocycles. The molecule has 1 atom stereocenters. The molecule has 0 radical (unpaired) electrons. The molecule has 3 heteroatoms. The van der Waals surface area contributed by atoms with Crippen LogP contribution < -0.4 is 0 Å². The molecule has 2 aromatic heterocycles. The van der Waals surface area contributed by atoms with Gasteiger partial charge in [-0.15, -0.1) is 0 Å². The number of fused-ring (bicyclic) bond motifs is 1. The fraction of sp³-hybridized carbons (Fsp3) is 0.357. The van der Waals surface area contributed by atoms with E-state index in [4.69, 9.17) is 4.42 Å². The van der Waals surface area contributed by atoms with Crippen molar-refractivity contribution in [3.8, 4) is 0 Å². The molecular formula is C14H15NO2. The molecule has 1 unspecified atom stereocenters. The van der Waals surface area contributed by atoms with E-state index < -0.39 is 5.60 Å². The summed E-state index contributed by atoms with van der Waals surface area (Å²) in [4.78, 5) is 4.09. The van der Waals surface area contributed by atoms with Crippen LogP contribution in [0.5, 0.6) is 0 Å². The van der Waals surface area contributed by atoms with E-state index in [9.17, 15) is 5.11 Å². The van der Waals surface area contributed by atoms with Crippen molar-refractivity contribution >= 4 is 0 Å². The number of furan rings is 1. The van der Waals surface area contributed by atoms with E-state index in [1.54, 1.807) is 12.5 Å². The summed E-state index contributed by atoms with van der Waals surface area (Å²) in [5.41, 5.74) is 1.22. The second-order valence-electron chi connectivity index (χ2n) is 4.68. The van der Waals surface area contributed by atoms with Crippen LogP contribution in [0, 0.1) is 0 Å². The number of aliphatic hydroxyl groups is 1. The number of hydrogen-bond donors (Lipinski definition) is 1. The highest BCUT2D eigenvalue weighted by atomic mass is 16.3. The Morgan fingerprint density at radius 2 is 2.35 bits per heavy atom. The van der Waals surface area contributed by atoms with Gasteiger partial charge >= 0.3 is 0 Å². The lowest BCUT2D eigenvalue weighted by molar-refractivity contribution is 0.0168. The van der Waals surface area contributed by atoms with Crippen LogP contribution in [0.4, 0.5) is 0 Å². The summed E-state index contributed by atoms with van der Waals surface area (Å²) < 4.78 is 5.41. The second-order valence-corrected chi connectivity index (χ2v) is 4.68. The van der Waals surface area contributed by atoms with Gasteiger partial charge in [0.25, 0.3) is 0 Å². The highest BCUT2D eigenvalue weighted by Crippen LogP contribution is 2.38. The molecule has 0 aliphatic heterocycles. The van der Waals surface area contributed by atoms with E-state index in [1.165, 1.54) is 0 Å². The minimum atomic E-state index is -0.788. The molecule has 0 fully saturated rings. The van der Waals surface area contributed by atoms with Crippen molar-refractivity contribution in [3.05, 3.63) is 53.7 Å². The highest BCUT2D eigenvalue weighted by molar-refractivity contribution is 5.30. The summed E-state index contributed by atoms with van der Waals surface area (Å²) in [5, 5.41) is 10.8. The third-order valence-electron chi connectivity index (χ3n) is 3.46. The van der Waals surface area contributed by atoms with Gasteiger partial charge in [0.15, 0.2) is 0 Å². The second kappa shape index (κ2) is 4.00. The van der Waals surface area contributed by atoms with Crippen LogP contribution in [0.1, 0.15) is 29.7 Å². The van der Waals surface area contributed by atoms with Crippen LogP contribution in [-0.4, -0.2) is 10.1 Å². The van der Waals surface area contributed by atoms with Crippen molar-refractivity contribution in [1.82, 2.24) is 4.98 Å². The number of rotatable bonds is 2. The van der Waals surface area contributed by atoms with E-state index in [0.717, 1.165) is 36.1 Å². The van der Waals surface area contributed by atoms with Gasteiger partial charge in [0.1, 0.15) is 5.76 Å². The van der Waals surface area contributed by atoms with Crippen molar-refractivity contribution in [2.45, 2.75) is 31.3 Å². The highest BCUT2D eigenvalue weighted by Gasteiger charge is 2.36. The van der Waals surface area contributed by atoms with Crippen LogP contribution in [0.15, 0.2) is 41.3 Å². The Hall–Kier alpha value is -1.61. The summed E-state index contributed by atoms with van der Waals surface area (Å²) in [5.74, 6) is 0.933. The molecule has 0 bridgehead atoms. The summed E-state index contributed by atoms with van der Waals surface area (Å²) in [6, 6.07) is 5.79. The van der Waals surface area contributed by atoms with E-state index in [2.05, 4.69) is 4.98 Å². The number of aromatic nitrogens is 1. The molecule has 17 heavy (non-hydrogen) atoms. The Labute approximate surface area is 100 Å². The van der Waals surface area contributed by atoms with Crippen LogP contribution in [-0.2, 0) is 18.4 Å². The predicted octanol–water partition coefficient (Wildman–Crippen LogP) is 2.44. The molecule has 0 amide bonds. The van der Waals surface area contributed by atoms with Crippen molar-refractivity contribution in [2.75, 3.05) is 0 Å². The molecule has 1 aliphatic carbocycles. The molecule has 2 aromatic rings. The molecule has 3 rings (SSSR count). The lowest BCUT2D eigenvalue weighted by Gasteiger charge is -2.31. The standard InChI is InChI=1S/C14H15NO2/c16-14(9-11-3-2-7-15-10-11)6-1-4-13-12(14)5-8-17-13/h2-3,5,7-8,10,16H,1,4,6,9H2. The maximum atomic E-state index is 10.8. The quantitative estimate of drug-likeness (QED) is 0.860. The average Bonchev–Trinajstić information content (AvgIpc) is 2.80. The molecule has 0 saturated heterocycles. The topological polar surface area (TPSA) is 46.3 Å². The van der Waals surface area contributed by atoms with E-state index in [-0.39, 0.29) is 0 Å². The minimum Gasteiger partial charge on any atom is -0.469 e. The van der Waals surface area contributed by atoms with Crippen molar-refractivity contribution in [3.63, 3.8) is 0 Å². The zero-order chi connectivity index (χ0) is 11.7. The molecule has 88 valence electrons. The van der Waals surface area contributed by atoms with Crippen LogP contribution in [0.25, 0.3) is 0 Å². The molecule has 0 spiro atoms.